The van der Waals surface area contributed by atoms with E-state index in [2.05, 4.69) is 32.6 Å². The van der Waals surface area contributed by atoms with Crippen molar-refractivity contribution in [1.82, 2.24) is 0 Å². The molecular formula is C13H19NOSi. The van der Waals surface area contributed by atoms with Gasteiger partial charge in [-0.05, 0) is 43.8 Å². The predicted octanol–water partition coefficient (Wildman–Crippen LogP) is 3.86. The molecule has 0 saturated carbocycles. The lowest BCUT2D eigenvalue weighted by atomic mass is 10.1. The Morgan fingerprint density at radius 1 is 1.38 bits per heavy atom. The molecule has 0 radical (unpaired) electrons. The summed E-state index contributed by atoms with van der Waals surface area (Å²) in [5.41, 5.74) is 1.82. The topological polar surface area (TPSA) is 33.0 Å². The first-order valence-electron chi connectivity index (χ1n) is 5.64. The molecule has 0 aromatic heterocycles. The molecule has 2 nitrogen and oxygen atoms in total. The summed E-state index contributed by atoms with van der Waals surface area (Å²) >= 11 is 0. The Hall–Kier alpha value is -1.11. The van der Waals surface area contributed by atoms with Crippen LogP contribution in [0.4, 0.5) is 0 Å². The molecule has 0 saturated heterocycles. The summed E-state index contributed by atoms with van der Waals surface area (Å²) in [5.74, 6) is 0. The minimum Gasteiger partial charge on any atom is -0.411 e. The largest absolute Gasteiger partial charge is 0.411 e. The summed E-state index contributed by atoms with van der Waals surface area (Å²) in [5, 5.41) is 8.87. The lowest BCUT2D eigenvalue weighted by Gasteiger charge is -2.26. The molecule has 16 heavy (non-hydrogen) atoms. The van der Waals surface area contributed by atoms with Gasteiger partial charge in [0.1, 0.15) is 0 Å². The van der Waals surface area contributed by atoms with Crippen LogP contribution in [-0.4, -0.2) is 8.32 Å². The molecule has 0 amide bonds. The van der Waals surface area contributed by atoms with E-state index >= 15 is 0 Å². The number of benzene rings is 1. The Balaban J connectivity index is 2.91. The Bertz CT molecular complexity index is 390. The zero-order valence-electron chi connectivity index (χ0n) is 10.4. The van der Waals surface area contributed by atoms with Crippen LogP contribution in [0.1, 0.15) is 30.6 Å². The highest BCUT2D eigenvalue weighted by Crippen LogP contribution is 2.25. The molecule has 1 rings (SSSR count). The van der Waals surface area contributed by atoms with E-state index in [1.165, 1.54) is 0 Å². The van der Waals surface area contributed by atoms with E-state index in [-0.39, 0.29) is 6.10 Å². The Kier molecular flexibility index (Phi) is 4.28. The fraction of sp³-hybridized carbons (Fsp3) is 0.462. The predicted molar refractivity (Wildman–Crippen MR) is 68.6 cm³/mol. The van der Waals surface area contributed by atoms with E-state index in [0.29, 0.717) is 5.56 Å². The molecule has 0 aliphatic carbocycles. The smallest absolute Gasteiger partial charge is 0.184 e. The van der Waals surface area contributed by atoms with Crippen LogP contribution >= 0.6 is 0 Å². The van der Waals surface area contributed by atoms with Crippen LogP contribution in [-0.2, 0) is 4.43 Å². The normalized spacial score (nSPS) is 13.2. The quantitative estimate of drug-likeness (QED) is 0.740. The maximum atomic E-state index is 8.87. The van der Waals surface area contributed by atoms with Crippen molar-refractivity contribution in [2.24, 2.45) is 0 Å². The third-order valence-electron chi connectivity index (χ3n) is 2.25. The van der Waals surface area contributed by atoms with E-state index in [1.54, 1.807) is 0 Å². The molecule has 0 fully saturated rings. The average Bonchev–Trinajstić information content (AvgIpc) is 2.25. The summed E-state index contributed by atoms with van der Waals surface area (Å²) < 4.78 is 6.10. The van der Waals surface area contributed by atoms with Gasteiger partial charge in [0, 0.05) is 0 Å². The maximum Gasteiger partial charge on any atom is 0.184 e. The molecular weight excluding hydrogens is 214 g/mol. The van der Waals surface area contributed by atoms with E-state index < -0.39 is 8.32 Å². The second-order valence-electron chi connectivity index (χ2n) is 4.86. The number of nitriles is 1. The van der Waals surface area contributed by atoms with Crippen molar-refractivity contribution >= 4 is 8.32 Å². The zero-order valence-corrected chi connectivity index (χ0v) is 11.4. The van der Waals surface area contributed by atoms with Crippen molar-refractivity contribution in [3.05, 3.63) is 35.4 Å². The Morgan fingerprint density at radius 2 is 2.06 bits per heavy atom. The highest BCUT2D eigenvalue weighted by molar-refractivity contribution is 6.69. The monoisotopic (exact) mass is 233 g/mol. The van der Waals surface area contributed by atoms with Gasteiger partial charge in [0.05, 0.1) is 17.7 Å². The molecule has 0 N–H and O–H groups in total. The van der Waals surface area contributed by atoms with Crippen LogP contribution in [0, 0.1) is 11.3 Å². The van der Waals surface area contributed by atoms with Gasteiger partial charge >= 0.3 is 0 Å². The minimum absolute atomic E-state index is 0.125. The molecule has 0 aliphatic heterocycles. The SMILES string of the molecule is CCC(O[Si](C)(C)C)c1cccc(C#N)c1. The number of hydrogen-bond acceptors (Lipinski definition) is 2. The minimum atomic E-state index is -1.53. The lowest BCUT2D eigenvalue weighted by molar-refractivity contribution is 0.193. The standard InChI is InChI=1S/C13H19NOSi/c1-5-13(15-16(2,3)4)12-8-6-7-11(9-12)10-14/h6-9,13H,5H2,1-4H3. The van der Waals surface area contributed by atoms with Gasteiger partial charge in [-0.3, -0.25) is 0 Å². The van der Waals surface area contributed by atoms with Gasteiger partial charge < -0.3 is 4.43 Å². The molecule has 1 aromatic rings. The zero-order chi connectivity index (χ0) is 12.2. The van der Waals surface area contributed by atoms with Gasteiger partial charge in [-0.15, -0.1) is 0 Å². The van der Waals surface area contributed by atoms with Gasteiger partial charge in [-0.2, -0.15) is 5.26 Å². The highest BCUT2D eigenvalue weighted by atomic mass is 28.4. The first kappa shape index (κ1) is 13.0. The van der Waals surface area contributed by atoms with E-state index in [4.69, 9.17) is 9.69 Å². The summed E-state index contributed by atoms with van der Waals surface area (Å²) in [6, 6.07) is 9.87. The second-order valence-corrected chi connectivity index (χ2v) is 9.32. The molecule has 1 atom stereocenters. The van der Waals surface area contributed by atoms with E-state index in [1.807, 2.05) is 24.3 Å². The van der Waals surface area contributed by atoms with Crippen LogP contribution in [0.5, 0.6) is 0 Å². The van der Waals surface area contributed by atoms with Crippen molar-refractivity contribution in [3.63, 3.8) is 0 Å². The highest BCUT2D eigenvalue weighted by Gasteiger charge is 2.21. The summed E-state index contributed by atoms with van der Waals surface area (Å²) in [7, 11) is -1.53. The number of nitrogens with zero attached hydrogens (tertiary/aromatic N) is 1. The van der Waals surface area contributed by atoms with Gasteiger partial charge in [0.15, 0.2) is 8.32 Å². The first-order valence-corrected chi connectivity index (χ1v) is 9.05. The van der Waals surface area contributed by atoms with Gasteiger partial charge in [-0.25, -0.2) is 0 Å². The van der Waals surface area contributed by atoms with E-state index in [9.17, 15) is 0 Å². The molecule has 3 heteroatoms. The van der Waals surface area contributed by atoms with Crippen molar-refractivity contribution in [2.45, 2.75) is 39.1 Å². The van der Waals surface area contributed by atoms with Crippen LogP contribution < -0.4 is 0 Å². The number of hydrogen-bond donors (Lipinski definition) is 0. The van der Waals surface area contributed by atoms with Crippen LogP contribution in [0.15, 0.2) is 24.3 Å². The van der Waals surface area contributed by atoms with Crippen LogP contribution in [0.3, 0.4) is 0 Å². The van der Waals surface area contributed by atoms with Gasteiger partial charge in [0.25, 0.3) is 0 Å². The van der Waals surface area contributed by atoms with Crippen molar-refractivity contribution in [2.75, 3.05) is 0 Å². The van der Waals surface area contributed by atoms with Crippen molar-refractivity contribution < 1.29 is 4.43 Å². The second kappa shape index (κ2) is 5.29. The molecule has 86 valence electrons. The molecule has 0 heterocycles. The third-order valence-corrected chi connectivity index (χ3v) is 3.25. The van der Waals surface area contributed by atoms with Crippen LogP contribution in [0.2, 0.25) is 19.6 Å². The molecule has 1 aromatic carbocycles. The van der Waals surface area contributed by atoms with Crippen molar-refractivity contribution in [1.29, 1.82) is 5.26 Å². The van der Waals surface area contributed by atoms with Crippen molar-refractivity contribution in [3.8, 4) is 6.07 Å². The maximum absolute atomic E-state index is 8.87. The Labute approximate surface area is 99.0 Å². The average molecular weight is 233 g/mol. The van der Waals surface area contributed by atoms with Crippen LogP contribution in [0.25, 0.3) is 0 Å². The Morgan fingerprint density at radius 3 is 2.56 bits per heavy atom. The summed E-state index contributed by atoms with van der Waals surface area (Å²) in [6.45, 7) is 8.67. The molecule has 1 unspecified atom stereocenters. The molecule has 0 aliphatic rings. The fourth-order valence-electron chi connectivity index (χ4n) is 1.62. The molecule has 0 bridgehead atoms. The fourth-order valence-corrected chi connectivity index (χ4v) is 2.78. The van der Waals surface area contributed by atoms with E-state index in [0.717, 1.165) is 12.0 Å². The summed E-state index contributed by atoms with van der Waals surface area (Å²) in [6.07, 6.45) is 1.07. The molecule has 0 spiro atoms. The third kappa shape index (κ3) is 3.80. The van der Waals surface area contributed by atoms with Gasteiger partial charge in [-0.1, -0.05) is 19.1 Å². The number of rotatable bonds is 4. The lowest BCUT2D eigenvalue weighted by Crippen LogP contribution is -2.27. The summed E-state index contributed by atoms with van der Waals surface area (Å²) in [4.78, 5) is 0. The van der Waals surface area contributed by atoms with Gasteiger partial charge in [0.2, 0.25) is 0 Å². The first-order chi connectivity index (χ1) is 7.46.